The Labute approximate surface area is 135 Å². The Hall–Kier alpha value is -3.47. The predicted molar refractivity (Wildman–Crippen MR) is 81.0 cm³/mol. The molecule has 0 fully saturated rings. The fourth-order valence-corrected chi connectivity index (χ4v) is 1.88. The summed E-state index contributed by atoms with van der Waals surface area (Å²) in [6.07, 6.45) is 1.19. The van der Waals surface area contributed by atoms with Gasteiger partial charge >= 0.3 is 11.7 Å². The normalized spacial score (nSPS) is 11.0. The number of nitro groups is 1. The molecule has 0 spiro atoms. The third kappa shape index (κ3) is 3.64. The Balaban J connectivity index is 2.34. The molecule has 0 aliphatic heterocycles. The highest BCUT2D eigenvalue weighted by molar-refractivity contribution is 5.97. The van der Waals surface area contributed by atoms with Gasteiger partial charge in [-0.15, -0.1) is 0 Å². The lowest BCUT2D eigenvalue weighted by molar-refractivity contribution is -0.387. The van der Waals surface area contributed by atoms with Crippen molar-refractivity contribution in [2.45, 2.75) is 6.92 Å². The smallest absolute Gasteiger partial charge is 0.349 e. The van der Waals surface area contributed by atoms with E-state index in [1.807, 2.05) is 0 Å². The van der Waals surface area contributed by atoms with Crippen molar-refractivity contribution in [3.05, 3.63) is 57.6 Å². The van der Waals surface area contributed by atoms with Gasteiger partial charge in [0.1, 0.15) is 23.2 Å². The molecule has 0 saturated carbocycles. The van der Waals surface area contributed by atoms with Gasteiger partial charge in [0.05, 0.1) is 11.5 Å². The molecule has 0 N–H and O–H groups in total. The zero-order valence-electron chi connectivity index (χ0n) is 12.5. The van der Waals surface area contributed by atoms with E-state index in [1.165, 1.54) is 24.3 Å². The van der Waals surface area contributed by atoms with Crippen LogP contribution in [-0.2, 0) is 9.53 Å². The highest BCUT2D eigenvalue weighted by atomic mass is 19.1. The Morgan fingerprint density at radius 1 is 1.46 bits per heavy atom. The van der Waals surface area contributed by atoms with Crippen LogP contribution in [0.15, 0.2) is 40.3 Å². The number of hydrogen-bond donors (Lipinski definition) is 0. The number of carbonyl (C=O) groups excluding carboxylic acids is 1. The van der Waals surface area contributed by atoms with Crippen molar-refractivity contribution in [1.29, 1.82) is 5.26 Å². The summed E-state index contributed by atoms with van der Waals surface area (Å²) in [4.78, 5) is 21.5. The molecular formula is C16H11FN2O5. The van der Waals surface area contributed by atoms with Crippen LogP contribution in [0.1, 0.15) is 12.7 Å². The third-order valence-electron chi connectivity index (χ3n) is 2.96. The van der Waals surface area contributed by atoms with E-state index in [0.29, 0.717) is 0 Å². The number of hydrogen-bond acceptors (Lipinski definition) is 6. The number of nitro benzene ring substituents is 1. The summed E-state index contributed by atoms with van der Waals surface area (Å²) in [5.41, 5.74) is -0.634. The lowest BCUT2D eigenvalue weighted by atomic mass is 10.1. The highest BCUT2D eigenvalue weighted by Crippen LogP contribution is 2.28. The number of nitrogens with zero attached hydrogens (tertiary/aromatic N) is 2. The molecule has 0 amide bonds. The lowest BCUT2D eigenvalue weighted by Gasteiger charge is -1.99. The standard InChI is InChI=1S/C16H11FN2O5/c1-2-23-16(20)11(9-18)7-12-4-6-15(24-12)10-3-5-13(17)14(8-10)19(21)22/h3-8H,2H2,1H3/b11-7+. The van der Waals surface area contributed by atoms with Crippen LogP contribution in [-0.4, -0.2) is 17.5 Å². The van der Waals surface area contributed by atoms with E-state index in [0.717, 1.165) is 12.1 Å². The number of rotatable bonds is 5. The number of nitriles is 1. The summed E-state index contributed by atoms with van der Waals surface area (Å²) >= 11 is 0. The molecule has 0 atom stereocenters. The Morgan fingerprint density at radius 3 is 2.83 bits per heavy atom. The average molecular weight is 330 g/mol. The summed E-state index contributed by atoms with van der Waals surface area (Å²) in [6, 6.07) is 7.99. The van der Waals surface area contributed by atoms with Gasteiger partial charge in [0.2, 0.25) is 5.82 Å². The maximum Gasteiger partial charge on any atom is 0.349 e. The monoisotopic (exact) mass is 330 g/mol. The van der Waals surface area contributed by atoms with Crippen LogP contribution < -0.4 is 0 Å². The Morgan fingerprint density at radius 2 is 2.21 bits per heavy atom. The van der Waals surface area contributed by atoms with E-state index in [4.69, 9.17) is 14.4 Å². The van der Waals surface area contributed by atoms with E-state index in [2.05, 4.69) is 0 Å². The fraction of sp³-hybridized carbons (Fsp3) is 0.125. The van der Waals surface area contributed by atoms with Crippen LogP contribution in [0, 0.1) is 27.3 Å². The van der Waals surface area contributed by atoms with Crippen LogP contribution in [0.25, 0.3) is 17.4 Å². The number of furan rings is 1. The van der Waals surface area contributed by atoms with Gasteiger partial charge in [-0.25, -0.2) is 4.79 Å². The van der Waals surface area contributed by atoms with E-state index >= 15 is 0 Å². The van der Waals surface area contributed by atoms with Gasteiger partial charge in [-0.2, -0.15) is 9.65 Å². The summed E-state index contributed by atoms with van der Waals surface area (Å²) in [6.45, 7) is 1.74. The van der Waals surface area contributed by atoms with Gasteiger partial charge in [-0.05, 0) is 31.2 Å². The van der Waals surface area contributed by atoms with Crippen LogP contribution in [0.4, 0.5) is 10.1 Å². The molecule has 0 aliphatic rings. The SMILES string of the molecule is CCOC(=O)/C(C#N)=C/c1ccc(-c2ccc(F)c([N+](=O)[O-])c2)o1. The summed E-state index contributed by atoms with van der Waals surface area (Å²) in [7, 11) is 0. The van der Waals surface area contributed by atoms with E-state index in [1.54, 1.807) is 13.0 Å². The van der Waals surface area contributed by atoms with Gasteiger partial charge < -0.3 is 9.15 Å². The first kappa shape index (κ1) is 16.9. The quantitative estimate of drug-likeness (QED) is 0.273. The maximum absolute atomic E-state index is 13.4. The fourth-order valence-electron chi connectivity index (χ4n) is 1.88. The Bertz CT molecular complexity index is 864. The van der Waals surface area contributed by atoms with Crippen molar-refractivity contribution in [3.63, 3.8) is 0 Å². The van der Waals surface area contributed by atoms with E-state index < -0.39 is 22.4 Å². The lowest BCUT2D eigenvalue weighted by Crippen LogP contribution is -2.05. The van der Waals surface area contributed by atoms with Crippen LogP contribution >= 0.6 is 0 Å². The van der Waals surface area contributed by atoms with Crippen LogP contribution in [0.2, 0.25) is 0 Å². The molecule has 8 heteroatoms. The molecule has 1 aromatic heterocycles. The molecule has 0 radical (unpaired) electrons. The summed E-state index contributed by atoms with van der Waals surface area (Å²) in [5, 5.41) is 19.7. The molecule has 0 unspecified atom stereocenters. The Kier molecular flexibility index (Phi) is 5.06. The number of benzene rings is 1. The van der Waals surface area contributed by atoms with Gasteiger partial charge in [0.15, 0.2) is 0 Å². The first-order valence-corrected chi connectivity index (χ1v) is 6.79. The second-order valence-electron chi connectivity index (χ2n) is 4.52. The number of carbonyl (C=O) groups is 1. The topological polar surface area (TPSA) is 106 Å². The maximum atomic E-state index is 13.4. The van der Waals surface area contributed by atoms with Crippen molar-refractivity contribution in [3.8, 4) is 17.4 Å². The molecule has 2 aromatic rings. The van der Waals surface area contributed by atoms with Crippen LogP contribution in [0.5, 0.6) is 0 Å². The minimum absolute atomic E-state index is 0.126. The molecule has 1 aromatic carbocycles. The zero-order chi connectivity index (χ0) is 17.7. The second-order valence-corrected chi connectivity index (χ2v) is 4.52. The van der Waals surface area contributed by atoms with Gasteiger partial charge in [-0.1, -0.05) is 0 Å². The molecule has 0 saturated heterocycles. The molecule has 2 rings (SSSR count). The predicted octanol–water partition coefficient (Wildman–Crippen LogP) is 3.46. The number of halogens is 1. The zero-order valence-corrected chi connectivity index (χ0v) is 12.5. The van der Waals surface area contributed by atoms with E-state index in [-0.39, 0.29) is 29.3 Å². The van der Waals surface area contributed by atoms with Gasteiger partial charge in [0.25, 0.3) is 0 Å². The van der Waals surface area contributed by atoms with Gasteiger partial charge in [-0.3, -0.25) is 10.1 Å². The third-order valence-corrected chi connectivity index (χ3v) is 2.96. The largest absolute Gasteiger partial charge is 0.462 e. The summed E-state index contributed by atoms with van der Waals surface area (Å²) < 4.78 is 23.5. The minimum atomic E-state index is -0.954. The first-order valence-electron chi connectivity index (χ1n) is 6.79. The molecule has 1 heterocycles. The number of esters is 1. The van der Waals surface area contributed by atoms with Gasteiger partial charge in [0, 0.05) is 17.7 Å². The van der Waals surface area contributed by atoms with Crippen molar-refractivity contribution >= 4 is 17.7 Å². The average Bonchev–Trinajstić information content (AvgIpc) is 3.01. The highest BCUT2D eigenvalue weighted by Gasteiger charge is 2.17. The van der Waals surface area contributed by atoms with E-state index in [9.17, 15) is 19.3 Å². The minimum Gasteiger partial charge on any atom is -0.462 e. The molecule has 122 valence electrons. The first-order chi connectivity index (χ1) is 11.5. The molecule has 0 aliphatic carbocycles. The molecule has 24 heavy (non-hydrogen) atoms. The molecule has 7 nitrogen and oxygen atoms in total. The van der Waals surface area contributed by atoms with Crippen molar-refractivity contribution < 1.29 is 23.3 Å². The number of ether oxygens (including phenoxy) is 1. The molecular weight excluding hydrogens is 319 g/mol. The van der Waals surface area contributed by atoms with Crippen molar-refractivity contribution in [2.75, 3.05) is 6.61 Å². The van der Waals surface area contributed by atoms with Crippen LogP contribution in [0.3, 0.4) is 0 Å². The second kappa shape index (κ2) is 7.19. The van der Waals surface area contributed by atoms with Crippen molar-refractivity contribution in [1.82, 2.24) is 0 Å². The molecule has 0 bridgehead atoms. The summed E-state index contributed by atoms with van der Waals surface area (Å²) in [5.74, 6) is -1.33. The van der Waals surface area contributed by atoms with Crippen molar-refractivity contribution in [2.24, 2.45) is 0 Å².